The lowest BCUT2D eigenvalue weighted by Crippen LogP contribution is -2.47. The van der Waals surface area contributed by atoms with Crippen molar-refractivity contribution in [2.75, 3.05) is 43.1 Å². The van der Waals surface area contributed by atoms with E-state index in [0.29, 0.717) is 23.8 Å². The van der Waals surface area contributed by atoms with Gasteiger partial charge in [-0.2, -0.15) is 13.2 Å². The van der Waals surface area contributed by atoms with E-state index in [2.05, 4.69) is 57.7 Å². The third-order valence-electron chi connectivity index (χ3n) is 10.5. The topological polar surface area (TPSA) is 247 Å². The number of amides is 1. The van der Waals surface area contributed by atoms with Crippen LogP contribution in [0.3, 0.4) is 0 Å². The third kappa shape index (κ3) is 15.9. The van der Waals surface area contributed by atoms with Gasteiger partial charge < -0.3 is 50.5 Å². The molecule has 1 unspecified atom stereocenters. The Hall–Kier alpha value is -6.93. The molecule has 19 heteroatoms. The van der Waals surface area contributed by atoms with E-state index < -0.39 is 73.4 Å². The predicted octanol–water partition coefficient (Wildman–Crippen LogP) is 6.40. The first-order valence-electron chi connectivity index (χ1n) is 21.2. The molecular weight excluding hydrogens is 882 g/mol. The monoisotopic (exact) mass is 934 g/mol. The van der Waals surface area contributed by atoms with Crippen molar-refractivity contribution >= 4 is 57.7 Å². The number of ether oxygens (including phenoxy) is 1. The van der Waals surface area contributed by atoms with E-state index in [1.807, 2.05) is 30.0 Å². The number of anilines is 3. The Morgan fingerprint density at radius 1 is 0.821 bits per heavy atom. The summed E-state index contributed by atoms with van der Waals surface area (Å²) in [6, 6.07) is 32.7. The largest absolute Gasteiger partial charge is 0.481 e. The number of carbonyl (C=O) groups excluding carboxylic acids is 2. The fourth-order valence-corrected chi connectivity index (χ4v) is 7.10. The van der Waals surface area contributed by atoms with Gasteiger partial charge in [0.25, 0.3) is 0 Å². The molecule has 0 bridgehead atoms. The fraction of sp³-hybridized carbons (Fsp3) is 0.333. The van der Waals surface area contributed by atoms with Crippen LogP contribution in [0.4, 0.5) is 30.2 Å². The lowest BCUT2D eigenvalue weighted by molar-refractivity contribution is -0.170. The molecule has 1 amide bonds. The number of para-hydroxylation sites is 3. The summed E-state index contributed by atoms with van der Waals surface area (Å²) in [4.78, 5) is 63.7. The van der Waals surface area contributed by atoms with Gasteiger partial charge in [-0.15, -0.1) is 0 Å². The van der Waals surface area contributed by atoms with Gasteiger partial charge in [0, 0.05) is 55.1 Å². The number of nitrogens with zero attached hydrogens (tertiary/aromatic N) is 3. The number of hydrogen-bond donors (Lipinski definition) is 7. The number of carbonyl (C=O) groups is 5. The molecular formula is C48H53F3N4O12. The minimum absolute atomic E-state index is 0.120. The summed E-state index contributed by atoms with van der Waals surface area (Å²) in [6.07, 6.45) is -3.04. The number of aromatic nitrogens is 1. The zero-order valence-electron chi connectivity index (χ0n) is 36.5. The molecule has 1 aliphatic heterocycles. The van der Waals surface area contributed by atoms with Crippen LogP contribution in [-0.2, 0) is 36.5 Å². The minimum atomic E-state index is -4.56. The molecule has 0 spiro atoms. The molecule has 1 fully saturated rings. The van der Waals surface area contributed by atoms with Gasteiger partial charge in [0.15, 0.2) is 5.60 Å². The molecule has 67 heavy (non-hydrogen) atoms. The first-order chi connectivity index (χ1) is 31.9. The number of aliphatic carboxylic acids is 3. The number of carboxylic acid groups (broad SMARTS) is 3. The highest BCUT2D eigenvalue weighted by molar-refractivity contribution is 6.00. The second-order valence-electron chi connectivity index (χ2n) is 15.4. The highest BCUT2D eigenvalue weighted by atomic mass is 19.4. The van der Waals surface area contributed by atoms with Gasteiger partial charge in [-0.05, 0) is 61.2 Å². The number of alkyl halides is 3. The van der Waals surface area contributed by atoms with Gasteiger partial charge in [-0.3, -0.25) is 19.4 Å². The van der Waals surface area contributed by atoms with E-state index in [1.165, 1.54) is 36.0 Å². The Labute approximate surface area is 383 Å². The molecule has 7 N–H and O–H groups in total. The van der Waals surface area contributed by atoms with E-state index in [9.17, 15) is 42.3 Å². The number of esters is 1. The number of hydrogen-bond acceptors (Lipinski definition) is 12. The Balaban J connectivity index is 0.000000235. The number of pyridine rings is 1. The fourth-order valence-electron chi connectivity index (χ4n) is 7.10. The van der Waals surface area contributed by atoms with Crippen LogP contribution in [0.25, 0.3) is 10.9 Å². The second-order valence-corrected chi connectivity index (χ2v) is 15.4. The zero-order valence-corrected chi connectivity index (χ0v) is 36.5. The molecule has 0 saturated carbocycles. The van der Waals surface area contributed by atoms with E-state index >= 15 is 0 Å². The van der Waals surface area contributed by atoms with Crippen molar-refractivity contribution < 1.29 is 72.5 Å². The van der Waals surface area contributed by atoms with Crippen LogP contribution in [-0.4, -0.2) is 121 Å². The Morgan fingerprint density at radius 2 is 1.42 bits per heavy atom. The maximum absolute atomic E-state index is 13.3. The molecule has 1 aliphatic rings. The summed E-state index contributed by atoms with van der Waals surface area (Å²) in [7, 11) is 0. The van der Waals surface area contributed by atoms with Crippen molar-refractivity contribution in [3.8, 4) is 0 Å². The quantitative estimate of drug-likeness (QED) is 0.0499. The summed E-state index contributed by atoms with van der Waals surface area (Å²) in [5, 5.41) is 55.1. The van der Waals surface area contributed by atoms with E-state index in [4.69, 9.17) is 30.3 Å². The van der Waals surface area contributed by atoms with Crippen LogP contribution in [0.5, 0.6) is 0 Å². The molecule has 1 atom stereocenters. The van der Waals surface area contributed by atoms with Crippen LogP contribution in [0.1, 0.15) is 60.5 Å². The highest BCUT2D eigenvalue weighted by Crippen LogP contribution is 2.37. The maximum Gasteiger partial charge on any atom is 0.418 e. The molecule has 5 aromatic rings. The average molecular weight is 935 g/mol. The van der Waals surface area contributed by atoms with E-state index in [1.54, 1.807) is 18.2 Å². The number of nitrogens with one attached hydrogen (secondary N) is 1. The molecule has 2 heterocycles. The number of fused-ring (bicyclic) bond motifs is 1. The van der Waals surface area contributed by atoms with Gasteiger partial charge in [-0.1, -0.05) is 79.7 Å². The number of aliphatic hydroxyl groups excluding tert-OH is 2. The third-order valence-corrected chi connectivity index (χ3v) is 10.5. The lowest BCUT2D eigenvalue weighted by Gasteiger charge is -2.38. The Morgan fingerprint density at radius 3 is 1.99 bits per heavy atom. The average Bonchev–Trinajstić information content (AvgIpc) is 3.30. The van der Waals surface area contributed by atoms with Crippen LogP contribution in [0.2, 0.25) is 0 Å². The summed E-state index contributed by atoms with van der Waals surface area (Å²) in [5.41, 5.74) is -0.612. The van der Waals surface area contributed by atoms with Crippen molar-refractivity contribution in [2.45, 2.75) is 69.4 Å². The van der Waals surface area contributed by atoms with Crippen LogP contribution in [0.15, 0.2) is 115 Å². The van der Waals surface area contributed by atoms with Crippen LogP contribution >= 0.6 is 0 Å². The van der Waals surface area contributed by atoms with Gasteiger partial charge in [0.2, 0.25) is 5.91 Å². The molecule has 16 nitrogen and oxygen atoms in total. The molecule has 0 radical (unpaired) electrons. The number of carboxylic acids is 3. The number of halogens is 3. The number of likely N-dealkylation sites (tertiary alicyclic amines) is 1. The van der Waals surface area contributed by atoms with Crippen molar-refractivity contribution in [1.29, 1.82) is 0 Å². The molecule has 1 saturated heterocycles. The first kappa shape index (κ1) is 52.7. The summed E-state index contributed by atoms with van der Waals surface area (Å²) < 4.78 is 44.8. The van der Waals surface area contributed by atoms with Crippen molar-refractivity contribution in [1.82, 2.24) is 9.88 Å². The first-order valence-corrected chi connectivity index (χ1v) is 21.2. The number of piperidine rings is 1. The summed E-state index contributed by atoms with van der Waals surface area (Å²) in [6.45, 7) is 4.24. The van der Waals surface area contributed by atoms with Crippen LogP contribution in [0, 0.1) is 0 Å². The van der Waals surface area contributed by atoms with Crippen molar-refractivity contribution in [3.05, 3.63) is 132 Å². The minimum Gasteiger partial charge on any atom is -0.481 e. The SMILES string of the molecule is CCC(=O)N(c1ccccc1)C1CCN(CCc2ccccc2)CC1.O=C(O)CC(O)(CC(=O)O)C(=O)O.O=C(OCC(O)CO)c1ccccc1Nc1ccnc2c(C(F)(F)F)cccc12. The number of rotatable bonds is 17. The second kappa shape index (κ2) is 25.1. The number of aliphatic hydroxyl groups is 3. The van der Waals surface area contributed by atoms with Crippen molar-refractivity contribution in [2.24, 2.45) is 0 Å². The van der Waals surface area contributed by atoms with E-state index in [0.717, 1.165) is 50.7 Å². The van der Waals surface area contributed by atoms with Crippen LogP contribution < -0.4 is 10.2 Å². The Bertz CT molecular complexity index is 2400. The predicted molar refractivity (Wildman–Crippen MR) is 241 cm³/mol. The molecule has 358 valence electrons. The highest BCUT2D eigenvalue weighted by Gasteiger charge is 2.41. The van der Waals surface area contributed by atoms with Crippen molar-refractivity contribution in [3.63, 3.8) is 0 Å². The molecule has 4 aromatic carbocycles. The van der Waals surface area contributed by atoms with Gasteiger partial charge in [0.05, 0.1) is 41.8 Å². The molecule has 0 aliphatic carbocycles. The molecule has 6 rings (SSSR count). The smallest absolute Gasteiger partial charge is 0.418 e. The zero-order chi connectivity index (χ0) is 49.1. The van der Waals surface area contributed by atoms with Gasteiger partial charge in [0.1, 0.15) is 12.7 Å². The van der Waals surface area contributed by atoms with Gasteiger partial charge >= 0.3 is 30.1 Å². The van der Waals surface area contributed by atoms with Gasteiger partial charge in [-0.25, -0.2) is 9.59 Å². The Kier molecular flexibility index (Phi) is 19.7. The van der Waals surface area contributed by atoms with E-state index in [-0.39, 0.29) is 22.4 Å². The standard InChI is InChI=1S/C22H28N2O.C20H17F3N2O4.C6H8O7/c1-2-22(25)24(20-11-7-4-8-12-20)21-14-17-23(18-15-21)16-13-19-9-5-3-6-10-19;21-20(22,23)15-6-3-5-13-17(8-9-24-18(13)15)25-16-7-2-1-4-14(16)19(28)29-11-12(27)10-26;7-3(8)1-6(13,5(11)12)2-4(9)10/h3-12,21H,2,13-18H2,1H3;1-9,12,26-27H,10-11H2,(H,24,25);13H,1-2H2,(H,7,8)(H,9,10)(H,11,12). The molecule has 1 aromatic heterocycles. The summed E-state index contributed by atoms with van der Waals surface area (Å²) >= 11 is 0. The maximum atomic E-state index is 13.3. The lowest BCUT2D eigenvalue weighted by atomic mass is 9.96. The normalized spacial score (nSPS) is 13.5. The number of benzene rings is 4. The summed E-state index contributed by atoms with van der Waals surface area (Å²) in [5.74, 6) is -5.54.